The van der Waals surface area contributed by atoms with Crippen LogP contribution in [0.5, 0.6) is 0 Å². The van der Waals surface area contributed by atoms with Crippen molar-refractivity contribution in [3.8, 4) is 0 Å². The Balaban J connectivity index is 2.87. The number of rotatable bonds is 1. The molecule has 2 rings (SSSR count). The van der Waals surface area contributed by atoms with Gasteiger partial charge in [0.15, 0.2) is 17.5 Å². The number of nitrogens with one attached hydrogen (secondary N) is 1. The second kappa shape index (κ2) is 4.40. The Hall–Kier alpha value is -1.78. The van der Waals surface area contributed by atoms with Gasteiger partial charge in [0.05, 0.1) is 5.52 Å². The van der Waals surface area contributed by atoms with Crippen LogP contribution >= 0.6 is 0 Å². The van der Waals surface area contributed by atoms with Gasteiger partial charge in [-0.3, -0.25) is 0 Å². The molecule has 2 nitrogen and oxygen atoms in total. The number of hydrogen-bond donors (Lipinski definition) is 1. The van der Waals surface area contributed by atoms with Crippen molar-refractivity contribution in [2.75, 3.05) is 12.4 Å². The van der Waals surface area contributed by atoms with E-state index in [9.17, 15) is 13.2 Å². The highest BCUT2D eigenvalue weighted by atomic mass is 19.2. The summed E-state index contributed by atoms with van der Waals surface area (Å²) >= 11 is 0. The Morgan fingerprint density at radius 3 is 2.21 bits per heavy atom. The van der Waals surface area contributed by atoms with E-state index in [4.69, 9.17) is 0 Å². The molecule has 0 saturated heterocycles. The van der Waals surface area contributed by atoms with Crippen LogP contribution < -0.4 is 5.32 Å². The summed E-state index contributed by atoms with van der Waals surface area (Å²) in [5.41, 5.74) is 0.540. The Morgan fingerprint density at radius 1 is 1.05 bits per heavy atom. The molecular formula is C14H15F3N2. The summed E-state index contributed by atoms with van der Waals surface area (Å²) in [4.78, 5) is 4.17. The summed E-state index contributed by atoms with van der Waals surface area (Å²) in [5, 5.41) is 2.89. The fourth-order valence-electron chi connectivity index (χ4n) is 1.98. The van der Waals surface area contributed by atoms with E-state index in [0.29, 0.717) is 5.82 Å². The van der Waals surface area contributed by atoms with Gasteiger partial charge in [-0.1, -0.05) is 20.8 Å². The standard InChI is InChI=1S/C14H15F3N2/c1-14(2,3)8-5-7-10(19-13(8)18-4)6-9(15)12(17)11(7)16/h5-6H,1-4H3,(H,18,19). The van der Waals surface area contributed by atoms with E-state index < -0.39 is 17.5 Å². The largest absolute Gasteiger partial charge is 0.373 e. The lowest BCUT2D eigenvalue weighted by molar-refractivity contribution is 0.453. The third kappa shape index (κ3) is 2.25. The summed E-state index contributed by atoms with van der Waals surface area (Å²) in [7, 11) is 1.68. The van der Waals surface area contributed by atoms with E-state index in [1.165, 1.54) is 6.07 Å². The van der Waals surface area contributed by atoms with Crippen molar-refractivity contribution in [2.24, 2.45) is 0 Å². The van der Waals surface area contributed by atoms with Crippen molar-refractivity contribution >= 4 is 16.7 Å². The molecule has 0 spiro atoms. The number of hydrogen-bond acceptors (Lipinski definition) is 2. The summed E-state index contributed by atoms with van der Waals surface area (Å²) in [6.45, 7) is 5.82. The first kappa shape index (κ1) is 13.6. The first-order chi connectivity index (χ1) is 8.75. The van der Waals surface area contributed by atoms with E-state index in [0.717, 1.165) is 11.6 Å². The van der Waals surface area contributed by atoms with E-state index in [1.54, 1.807) is 7.05 Å². The Morgan fingerprint density at radius 2 is 1.68 bits per heavy atom. The van der Waals surface area contributed by atoms with E-state index in [1.807, 2.05) is 20.8 Å². The van der Waals surface area contributed by atoms with E-state index in [-0.39, 0.29) is 16.3 Å². The predicted octanol–water partition coefficient (Wildman–Crippen LogP) is 3.99. The fraction of sp³-hybridized carbons (Fsp3) is 0.357. The maximum absolute atomic E-state index is 13.8. The highest BCUT2D eigenvalue weighted by Crippen LogP contribution is 2.32. The minimum atomic E-state index is -1.47. The topological polar surface area (TPSA) is 24.9 Å². The molecule has 0 saturated carbocycles. The van der Waals surface area contributed by atoms with Crippen LogP contribution in [0.3, 0.4) is 0 Å². The van der Waals surface area contributed by atoms with Crippen molar-refractivity contribution in [1.29, 1.82) is 0 Å². The molecule has 2 aromatic rings. The van der Waals surface area contributed by atoms with Crippen LogP contribution in [0.25, 0.3) is 10.9 Å². The van der Waals surface area contributed by atoms with Gasteiger partial charge in [-0.05, 0) is 11.5 Å². The molecule has 102 valence electrons. The third-order valence-electron chi connectivity index (χ3n) is 3.00. The Kier molecular flexibility index (Phi) is 3.16. The van der Waals surface area contributed by atoms with Gasteiger partial charge in [-0.15, -0.1) is 0 Å². The number of nitrogens with zero attached hydrogens (tertiary/aromatic N) is 1. The highest BCUT2D eigenvalue weighted by Gasteiger charge is 2.22. The molecular weight excluding hydrogens is 253 g/mol. The third-order valence-corrected chi connectivity index (χ3v) is 3.00. The maximum atomic E-state index is 13.8. The number of fused-ring (bicyclic) bond motifs is 1. The zero-order valence-corrected chi connectivity index (χ0v) is 11.2. The van der Waals surface area contributed by atoms with Crippen molar-refractivity contribution in [3.05, 3.63) is 35.1 Å². The molecule has 0 aliphatic rings. The Labute approximate surface area is 109 Å². The fourth-order valence-corrected chi connectivity index (χ4v) is 1.98. The van der Waals surface area contributed by atoms with Gasteiger partial charge >= 0.3 is 0 Å². The van der Waals surface area contributed by atoms with Crippen molar-refractivity contribution < 1.29 is 13.2 Å². The van der Waals surface area contributed by atoms with Gasteiger partial charge in [0.2, 0.25) is 0 Å². The highest BCUT2D eigenvalue weighted by molar-refractivity contribution is 5.83. The minimum absolute atomic E-state index is 0.0113. The first-order valence-electron chi connectivity index (χ1n) is 5.92. The molecule has 5 heteroatoms. The molecule has 1 aromatic heterocycles. The lowest BCUT2D eigenvalue weighted by Crippen LogP contribution is -2.15. The van der Waals surface area contributed by atoms with Crippen LogP contribution in [-0.2, 0) is 5.41 Å². The molecule has 0 aliphatic heterocycles. The molecule has 0 unspecified atom stereocenters. The molecule has 0 amide bonds. The summed E-state index contributed by atoms with van der Waals surface area (Å²) in [6, 6.07) is 2.42. The van der Waals surface area contributed by atoms with Crippen LogP contribution in [0.1, 0.15) is 26.3 Å². The molecule has 0 aliphatic carbocycles. The summed E-state index contributed by atoms with van der Waals surface area (Å²) < 4.78 is 40.3. The predicted molar refractivity (Wildman–Crippen MR) is 69.9 cm³/mol. The molecule has 1 N–H and O–H groups in total. The average molecular weight is 268 g/mol. The van der Waals surface area contributed by atoms with Gasteiger partial charge in [-0.25, -0.2) is 18.2 Å². The smallest absolute Gasteiger partial charge is 0.195 e. The normalized spacial score (nSPS) is 11.9. The average Bonchev–Trinajstić information content (AvgIpc) is 2.33. The number of pyridine rings is 1. The van der Waals surface area contributed by atoms with Crippen LogP contribution in [-0.4, -0.2) is 12.0 Å². The van der Waals surface area contributed by atoms with Crippen LogP contribution in [0, 0.1) is 17.5 Å². The first-order valence-corrected chi connectivity index (χ1v) is 5.92. The van der Waals surface area contributed by atoms with Gasteiger partial charge in [-0.2, -0.15) is 0 Å². The molecule has 1 heterocycles. The van der Waals surface area contributed by atoms with Gasteiger partial charge in [0.25, 0.3) is 0 Å². The zero-order chi connectivity index (χ0) is 14.4. The molecule has 1 aromatic carbocycles. The number of benzene rings is 1. The Bertz CT molecular complexity index is 645. The number of anilines is 1. The minimum Gasteiger partial charge on any atom is -0.373 e. The second-order valence-electron chi connectivity index (χ2n) is 5.44. The molecule has 19 heavy (non-hydrogen) atoms. The van der Waals surface area contributed by atoms with E-state index >= 15 is 0 Å². The monoisotopic (exact) mass is 268 g/mol. The van der Waals surface area contributed by atoms with Gasteiger partial charge < -0.3 is 5.32 Å². The molecule has 0 bridgehead atoms. The zero-order valence-electron chi connectivity index (χ0n) is 11.2. The molecule has 0 radical (unpaired) electrons. The van der Waals surface area contributed by atoms with Crippen LogP contribution in [0.2, 0.25) is 0 Å². The number of aromatic nitrogens is 1. The van der Waals surface area contributed by atoms with E-state index in [2.05, 4.69) is 10.3 Å². The molecule has 0 fully saturated rings. The van der Waals surface area contributed by atoms with Gasteiger partial charge in [0, 0.05) is 24.1 Å². The summed E-state index contributed by atoms with van der Waals surface area (Å²) in [5.74, 6) is -3.37. The number of halogens is 3. The van der Waals surface area contributed by atoms with Crippen molar-refractivity contribution in [3.63, 3.8) is 0 Å². The quantitative estimate of drug-likeness (QED) is 0.791. The van der Waals surface area contributed by atoms with Gasteiger partial charge in [0.1, 0.15) is 5.82 Å². The van der Waals surface area contributed by atoms with Crippen LogP contribution in [0.15, 0.2) is 12.1 Å². The van der Waals surface area contributed by atoms with Crippen LogP contribution in [0.4, 0.5) is 19.0 Å². The summed E-state index contributed by atoms with van der Waals surface area (Å²) in [6.07, 6.45) is 0. The lowest BCUT2D eigenvalue weighted by atomic mass is 9.86. The lowest BCUT2D eigenvalue weighted by Gasteiger charge is -2.22. The van der Waals surface area contributed by atoms with Crippen molar-refractivity contribution in [1.82, 2.24) is 4.98 Å². The van der Waals surface area contributed by atoms with Crippen molar-refractivity contribution in [2.45, 2.75) is 26.2 Å². The molecule has 0 atom stereocenters. The maximum Gasteiger partial charge on any atom is 0.195 e. The SMILES string of the molecule is CNc1nc2cc(F)c(F)c(F)c2cc1C(C)(C)C. The second-order valence-corrected chi connectivity index (χ2v) is 5.44.